The van der Waals surface area contributed by atoms with Gasteiger partial charge in [0.05, 0.1) is 13.2 Å². The van der Waals surface area contributed by atoms with Crippen molar-refractivity contribution in [1.29, 1.82) is 0 Å². The first-order chi connectivity index (χ1) is 3.91. The molecule has 62 valence electrons. The van der Waals surface area contributed by atoms with Crippen molar-refractivity contribution in [2.24, 2.45) is 0 Å². The minimum Gasteiger partial charge on any atom is -0.394 e. The summed E-state index contributed by atoms with van der Waals surface area (Å²) >= 11 is 0. The molecule has 0 radical (unpaired) electrons. The molecule has 0 aliphatic carbocycles. The first-order valence-corrected chi connectivity index (χ1v) is 3.23. The largest absolute Gasteiger partial charge is 0.394 e. The number of aliphatic hydroxyl groups excluding tert-OH is 2. The van der Waals surface area contributed by atoms with Crippen LogP contribution in [-0.2, 0) is 36.6 Å². The third-order valence-electron chi connectivity index (χ3n) is 0.1000. The van der Waals surface area contributed by atoms with Crippen LogP contribution in [0.25, 0.3) is 0 Å². The number of rotatable bonds is 1. The molecule has 0 atom stereocenters. The van der Waals surface area contributed by atoms with Gasteiger partial charge in [0.15, 0.2) is 0 Å². The van der Waals surface area contributed by atoms with E-state index in [1.54, 1.807) is 0 Å². The van der Waals surface area contributed by atoms with Gasteiger partial charge in [-0.2, -0.15) is 8.42 Å². The van der Waals surface area contributed by atoms with Gasteiger partial charge in [-0.25, -0.2) is 0 Å². The number of aliphatic hydroxyl groups is 2. The van der Waals surface area contributed by atoms with Crippen LogP contribution in [-0.4, -0.2) is 41.0 Å². The molecule has 4 N–H and O–H groups in total. The van der Waals surface area contributed by atoms with E-state index in [4.69, 9.17) is 27.7 Å². The fourth-order valence-electron chi connectivity index (χ4n) is 0. The number of hydrogen-bond donors (Lipinski definition) is 4. The molecule has 0 saturated carbocycles. The van der Waals surface area contributed by atoms with E-state index >= 15 is 0 Å². The fourth-order valence-corrected chi connectivity index (χ4v) is 0. The van der Waals surface area contributed by atoms with E-state index in [2.05, 4.69) is 0 Å². The minimum atomic E-state index is -4.67. The van der Waals surface area contributed by atoms with E-state index in [1.807, 2.05) is 0 Å². The van der Waals surface area contributed by atoms with Gasteiger partial charge in [-0.3, -0.25) is 9.11 Å². The van der Waals surface area contributed by atoms with Gasteiger partial charge < -0.3 is 10.2 Å². The van der Waals surface area contributed by atoms with Gasteiger partial charge in [-0.15, -0.1) is 0 Å². The second-order valence-electron chi connectivity index (χ2n) is 0.895. The normalized spacial score (nSPS) is 8.80. The standard InChI is InChI=1S/C2H6O2.H2O4S.Zr/c3-1-2-4;1-5(2,3)4;/h3-4H,1-2H2;(H2,1,2,3,4);. The van der Waals surface area contributed by atoms with Gasteiger partial charge in [0.2, 0.25) is 0 Å². The molecule has 10 heavy (non-hydrogen) atoms. The molecule has 0 spiro atoms. The second kappa shape index (κ2) is 9.67. The van der Waals surface area contributed by atoms with Crippen LogP contribution in [0.15, 0.2) is 0 Å². The van der Waals surface area contributed by atoms with Gasteiger partial charge in [0.1, 0.15) is 0 Å². The predicted octanol–water partition coefficient (Wildman–Crippen LogP) is -1.68. The van der Waals surface area contributed by atoms with Gasteiger partial charge in [0, 0.05) is 26.2 Å². The monoisotopic (exact) mass is 250 g/mol. The van der Waals surface area contributed by atoms with Crippen LogP contribution in [0.4, 0.5) is 0 Å². The Morgan fingerprint density at radius 1 is 1.00 bits per heavy atom. The minimum absolute atomic E-state index is 0. The second-order valence-corrected chi connectivity index (χ2v) is 1.79. The van der Waals surface area contributed by atoms with Crippen molar-refractivity contribution >= 4 is 10.4 Å². The summed E-state index contributed by atoms with van der Waals surface area (Å²) in [7, 11) is -4.67. The smallest absolute Gasteiger partial charge is 0.394 e. The molecular formula is C2H8O6SZr. The molecule has 0 rings (SSSR count). The molecule has 0 unspecified atom stereocenters. The summed E-state index contributed by atoms with van der Waals surface area (Å²) in [6.45, 7) is -0.250. The zero-order valence-corrected chi connectivity index (χ0v) is 8.20. The van der Waals surface area contributed by atoms with Crippen molar-refractivity contribution in [2.75, 3.05) is 13.2 Å². The van der Waals surface area contributed by atoms with E-state index in [0.717, 1.165) is 0 Å². The summed E-state index contributed by atoms with van der Waals surface area (Å²) in [5.41, 5.74) is 0. The third kappa shape index (κ3) is 182. The van der Waals surface area contributed by atoms with Crippen molar-refractivity contribution in [1.82, 2.24) is 0 Å². The molecular weight excluding hydrogens is 243 g/mol. The van der Waals surface area contributed by atoms with Crippen LogP contribution in [0, 0.1) is 0 Å². The Bertz CT molecular complexity index is 119. The van der Waals surface area contributed by atoms with E-state index in [-0.39, 0.29) is 39.4 Å². The van der Waals surface area contributed by atoms with Crippen LogP contribution >= 0.6 is 0 Å². The van der Waals surface area contributed by atoms with E-state index in [0.29, 0.717) is 0 Å². The van der Waals surface area contributed by atoms with E-state index in [1.165, 1.54) is 0 Å². The summed E-state index contributed by atoms with van der Waals surface area (Å²) in [6.07, 6.45) is 0. The average Bonchev–Trinajstić information content (AvgIpc) is 1.61. The average molecular weight is 251 g/mol. The number of hydrogen-bond acceptors (Lipinski definition) is 4. The van der Waals surface area contributed by atoms with Crippen LogP contribution in [0.3, 0.4) is 0 Å². The molecule has 0 fully saturated rings. The quantitative estimate of drug-likeness (QED) is 0.414. The fraction of sp³-hybridized carbons (Fsp3) is 1.00. The van der Waals surface area contributed by atoms with Gasteiger partial charge in [-0.05, 0) is 0 Å². The van der Waals surface area contributed by atoms with E-state index in [9.17, 15) is 0 Å². The molecule has 0 aromatic heterocycles. The molecule has 0 saturated heterocycles. The van der Waals surface area contributed by atoms with Crippen LogP contribution in [0.1, 0.15) is 0 Å². The maximum Gasteiger partial charge on any atom is 0.394 e. The first kappa shape index (κ1) is 17.0. The van der Waals surface area contributed by atoms with Crippen molar-refractivity contribution in [3.63, 3.8) is 0 Å². The summed E-state index contributed by atoms with van der Waals surface area (Å²) in [4.78, 5) is 0. The molecule has 6 nitrogen and oxygen atoms in total. The molecule has 0 heterocycles. The third-order valence-corrected chi connectivity index (χ3v) is 0.1000. The van der Waals surface area contributed by atoms with Crippen molar-refractivity contribution in [3.05, 3.63) is 0 Å². The zero-order valence-electron chi connectivity index (χ0n) is 4.93. The molecule has 0 aromatic carbocycles. The SMILES string of the molecule is O=S(=O)(O)O.OCCO.[Zr]. The predicted molar refractivity (Wildman–Crippen MR) is 28.3 cm³/mol. The molecule has 0 aromatic rings. The molecule has 0 aliphatic heterocycles. The Balaban J connectivity index is -0.0000000910. The van der Waals surface area contributed by atoms with Crippen LogP contribution < -0.4 is 0 Å². The first-order valence-electron chi connectivity index (χ1n) is 1.83. The van der Waals surface area contributed by atoms with Crippen LogP contribution in [0.2, 0.25) is 0 Å². The van der Waals surface area contributed by atoms with Crippen LogP contribution in [0.5, 0.6) is 0 Å². The Hall–Kier alpha value is 0.673. The summed E-state index contributed by atoms with van der Waals surface area (Å²) < 4.78 is 31.6. The Morgan fingerprint density at radius 2 is 1.10 bits per heavy atom. The van der Waals surface area contributed by atoms with Gasteiger partial charge in [-0.1, -0.05) is 0 Å². The molecule has 0 amide bonds. The van der Waals surface area contributed by atoms with Crippen molar-refractivity contribution in [2.45, 2.75) is 0 Å². The summed E-state index contributed by atoms with van der Waals surface area (Å²) in [5, 5.41) is 15.2. The maximum absolute atomic E-state index is 8.74. The molecule has 8 heteroatoms. The van der Waals surface area contributed by atoms with Gasteiger partial charge in [0.25, 0.3) is 0 Å². The van der Waals surface area contributed by atoms with Crippen molar-refractivity contribution < 1.29 is 53.9 Å². The Morgan fingerprint density at radius 3 is 1.10 bits per heavy atom. The van der Waals surface area contributed by atoms with Crippen molar-refractivity contribution in [3.8, 4) is 0 Å². The topological polar surface area (TPSA) is 115 Å². The molecule has 0 bridgehead atoms. The van der Waals surface area contributed by atoms with E-state index < -0.39 is 10.4 Å². The Labute approximate surface area is 77.6 Å². The molecule has 0 aliphatic rings. The summed E-state index contributed by atoms with van der Waals surface area (Å²) in [5.74, 6) is 0. The zero-order chi connectivity index (χ0) is 7.91. The Kier molecular flexibility index (Phi) is 16.4. The summed E-state index contributed by atoms with van der Waals surface area (Å²) in [6, 6.07) is 0. The van der Waals surface area contributed by atoms with Gasteiger partial charge >= 0.3 is 10.4 Å². The maximum atomic E-state index is 8.74.